The van der Waals surface area contributed by atoms with Gasteiger partial charge in [0.1, 0.15) is 16.0 Å². The van der Waals surface area contributed by atoms with Crippen LogP contribution < -0.4 is 15.2 Å². The topological polar surface area (TPSA) is 67.7 Å². The number of thiophene rings is 1. The number of nitrogens with zero attached hydrogens (tertiary/aromatic N) is 4. The maximum Gasteiger partial charge on any atom is 0.271 e. The molecule has 3 heterocycles. The van der Waals surface area contributed by atoms with Crippen LogP contribution >= 0.6 is 11.3 Å². The molecule has 1 aliphatic heterocycles. The van der Waals surface area contributed by atoms with Crippen LogP contribution in [0.25, 0.3) is 10.2 Å². The van der Waals surface area contributed by atoms with Gasteiger partial charge in [-0.2, -0.15) is 0 Å². The highest BCUT2D eigenvalue weighted by atomic mass is 32.1. The fourth-order valence-electron chi connectivity index (χ4n) is 4.07. The standard InChI is InChI=1S/C22H24N4O3S/c1-14-18(19-20(30-14)22(28)26(13-23-19)16-3-4-16)21(27)25-11-9-24(10-12-25)15-5-7-17(29-2)8-6-15/h5-8,13,16H,3-4,9-12H2,1-2H3. The van der Waals surface area contributed by atoms with Gasteiger partial charge >= 0.3 is 0 Å². The minimum Gasteiger partial charge on any atom is -0.497 e. The summed E-state index contributed by atoms with van der Waals surface area (Å²) in [6, 6.07) is 8.27. The molecular formula is C22H24N4O3S. The van der Waals surface area contributed by atoms with Gasteiger partial charge in [-0.25, -0.2) is 4.98 Å². The van der Waals surface area contributed by atoms with E-state index in [2.05, 4.69) is 9.88 Å². The van der Waals surface area contributed by atoms with Crippen molar-refractivity contribution in [2.75, 3.05) is 38.2 Å². The molecular weight excluding hydrogens is 400 g/mol. The van der Waals surface area contributed by atoms with Gasteiger partial charge in [0.2, 0.25) is 0 Å². The van der Waals surface area contributed by atoms with E-state index in [0.717, 1.165) is 42.2 Å². The number of carbonyl (C=O) groups is 1. The third-order valence-corrected chi connectivity index (χ3v) is 7.04. The largest absolute Gasteiger partial charge is 0.497 e. The third kappa shape index (κ3) is 3.25. The Morgan fingerprint density at radius 1 is 1.13 bits per heavy atom. The number of ether oxygens (including phenoxy) is 1. The van der Waals surface area contributed by atoms with Crippen molar-refractivity contribution in [1.82, 2.24) is 14.5 Å². The van der Waals surface area contributed by atoms with Crippen molar-refractivity contribution < 1.29 is 9.53 Å². The lowest BCUT2D eigenvalue weighted by Gasteiger charge is -2.36. The van der Waals surface area contributed by atoms with Crippen LogP contribution in [0.4, 0.5) is 5.69 Å². The van der Waals surface area contributed by atoms with Crippen molar-refractivity contribution in [1.29, 1.82) is 0 Å². The molecule has 0 N–H and O–H groups in total. The summed E-state index contributed by atoms with van der Waals surface area (Å²) < 4.78 is 7.55. The summed E-state index contributed by atoms with van der Waals surface area (Å²) >= 11 is 1.39. The summed E-state index contributed by atoms with van der Waals surface area (Å²) in [6.45, 7) is 4.72. The fraction of sp³-hybridized carbons (Fsp3) is 0.409. The summed E-state index contributed by atoms with van der Waals surface area (Å²) in [5.41, 5.74) is 2.26. The molecule has 0 radical (unpaired) electrons. The van der Waals surface area contributed by atoms with Gasteiger partial charge in [0.15, 0.2) is 0 Å². The van der Waals surface area contributed by atoms with Crippen molar-refractivity contribution >= 4 is 33.1 Å². The number of amides is 1. The predicted octanol–water partition coefficient (Wildman–Crippen LogP) is 3.07. The number of piperazine rings is 1. The van der Waals surface area contributed by atoms with Crippen LogP contribution in [0.5, 0.6) is 5.75 Å². The molecule has 2 fully saturated rings. The lowest BCUT2D eigenvalue weighted by molar-refractivity contribution is 0.0748. The molecule has 5 rings (SSSR count). The van der Waals surface area contributed by atoms with Crippen LogP contribution in [-0.4, -0.2) is 53.6 Å². The Balaban J connectivity index is 1.35. The van der Waals surface area contributed by atoms with E-state index in [9.17, 15) is 9.59 Å². The van der Waals surface area contributed by atoms with Crippen molar-refractivity contribution in [3.8, 4) is 5.75 Å². The number of fused-ring (bicyclic) bond motifs is 1. The fourth-order valence-corrected chi connectivity index (χ4v) is 5.11. The van der Waals surface area contributed by atoms with E-state index in [1.165, 1.54) is 11.3 Å². The quantitative estimate of drug-likeness (QED) is 0.644. The first-order chi connectivity index (χ1) is 14.6. The number of benzene rings is 1. The number of aromatic nitrogens is 2. The number of hydrogen-bond donors (Lipinski definition) is 0. The molecule has 0 bridgehead atoms. The van der Waals surface area contributed by atoms with Crippen LogP contribution in [0.1, 0.15) is 34.1 Å². The maximum atomic E-state index is 13.3. The van der Waals surface area contributed by atoms with Crippen molar-refractivity contribution in [3.63, 3.8) is 0 Å². The van der Waals surface area contributed by atoms with Gasteiger partial charge in [-0.1, -0.05) is 0 Å². The first-order valence-corrected chi connectivity index (χ1v) is 11.1. The lowest BCUT2D eigenvalue weighted by Crippen LogP contribution is -2.48. The molecule has 0 atom stereocenters. The summed E-state index contributed by atoms with van der Waals surface area (Å²) in [6.07, 6.45) is 3.68. The molecule has 2 aliphatic rings. The molecule has 8 heteroatoms. The summed E-state index contributed by atoms with van der Waals surface area (Å²) in [7, 11) is 1.66. The number of methoxy groups -OCH3 is 1. The first kappa shape index (κ1) is 19.1. The number of aryl methyl sites for hydroxylation is 1. The smallest absolute Gasteiger partial charge is 0.271 e. The zero-order valence-corrected chi connectivity index (χ0v) is 17.9. The highest BCUT2D eigenvalue weighted by Crippen LogP contribution is 2.35. The highest BCUT2D eigenvalue weighted by Gasteiger charge is 2.30. The zero-order valence-electron chi connectivity index (χ0n) is 17.1. The molecule has 1 saturated carbocycles. The van der Waals surface area contributed by atoms with E-state index in [4.69, 9.17) is 4.74 Å². The Kier molecular flexibility index (Phi) is 4.73. The van der Waals surface area contributed by atoms with E-state index in [1.807, 2.05) is 36.1 Å². The van der Waals surface area contributed by atoms with Crippen LogP contribution in [-0.2, 0) is 0 Å². The van der Waals surface area contributed by atoms with Crippen molar-refractivity contribution in [2.24, 2.45) is 0 Å². The molecule has 1 aliphatic carbocycles. The zero-order chi connectivity index (χ0) is 20.8. The summed E-state index contributed by atoms with van der Waals surface area (Å²) in [5.74, 6) is 0.810. The molecule has 7 nitrogen and oxygen atoms in total. The van der Waals surface area contributed by atoms with E-state index in [-0.39, 0.29) is 17.5 Å². The van der Waals surface area contributed by atoms with E-state index in [1.54, 1.807) is 18.0 Å². The molecule has 156 valence electrons. The van der Waals surface area contributed by atoms with E-state index in [0.29, 0.717) is 28.9 Å². The monoisotopic (exact) mass is 424 g/mol. The number of carbonyl (C=O) groups excluding carboxylic acids is 1. The third-order valence-electron chi connectivity index (χ3n) is 5.96. The number of rotatable bonds is 4. The Labute approximate surface area is 178 Å². The molecule has 30 heavy (non-hydrogen) atoms. The summed E-state index contributed by atoms with van der Waals surface area (Å²) in [5, 5.41) is 0. The van der Waals surface area contributed by atoms with E-state index < -0.39 is 0 Å². The van der Waals surface area contributed by atoms with Gasteiger partial charge in [0, 0.05) is 42.8 Å². The van der Waals surface area contributed by atoms with Crippen molar-refractivity contribution in [2.45, 2.75) is 25.8 Å². The predicted molar refractivity (Wildman–Crippen MR) is 118 cm³/mol. The van der Waals surface area contributed by atoms with Crippen LogP contribution in [0.15, 0.2) is 35.4 Å². The molecule has 0 spiro atoms. The molecule has 1 amide bonds. The molecule has 3 aromatic rings. The van der Waals surface area contributed by atoms with Gasteiger partial charge in [-0.15, -0.1) is 11.3 Å². The Hall–Kier alpha value is -2.87. The Morgan fingerprint density at radius 3 is 2.47 bits per heavy atom. The van der Waals surface area contributed by atoms with Crippen LogP contribution in [0, 0.1) is 6.92 Å². The minimum absolute atomic E-state index is 0.0148. The average Bonchev–Trinajstić information content (AvgIpc) is 3.56. The molecule has 1 aromatic carbocycles. The molecule has 1 saturated heterocycles. The normalized spacial score (nSPS) is 16.9. The highest BCUT2D eigenvalue weighted by molar-refractivity contribution is 7.19. The second kappa shape index (κ2) is 7.43. The van der Waals surface area contributed by atoms with E-state index >= 15 is 0 Å². The Morgan fingerprint density at radius 2 is 1.83 bits per heavy atom. The first-order valence-electron chi connectivity index (χ1n) is 10.3. The van der Waals surface area contributed by atoms with Gasteiger partial charge < -0.3 is 14.5 Å². The number of hydrogen-bond acceptors (Lipinski definition) is 6. The van der Waals surface area contributed by atoms with Gasteiger partial charge in [-0.05, 0) is 44.0 Å². The van der Waals surface area contributed by atoms with Crippen LogP contribution in [0.3, 0.4) is 0 Å². The average molecular weight is 425 g/mol. The second-order valence-electron chi connectivity index (χ2n) is 7.88. The SMILES string of the molecule is COc1ccc(N2CCN(C(=O)c3c(C)sc4c(=O)n(C5CC5)cnc34)CC2)cc1. The minimum atomic E-state index is -0.0239. The lowest BCUT2D eigenvalue weighted by atomic mass is 10.1. The Bertz CT molecular complexity index is 1160. The van der Waals surface area contributed by atoms with Gasteiger partial charge in [0.25, 0.3) is 11.5 Å². The second-order valence-corrected chi connectivity index (χ2v) is 9.10. The van der Waals surface area contributed by atoms with Gasteiger partial charge in [0.05, 0.1) is 19.0 Å². The summed E-state index contributed by atoms with van der Waals surface area (Å²) in [4.78, 5) is 35.7. The molecule has 2 aromatic heterocycles. The maximum absolute atomic E-state index is 13.3. The van der Waals surface area contributed by atoms with Gasteiger partial charge in [-0.3, -0.25) is 14.2 Å². The van der Waals surface area contributed by atoms with Crippen molar-refractivity contribution in [3.05, 3.63) is 51.4 Å². The molecule has 0 unspecified atom stereocenters. The number of anilines is 1. The van der Waals surface area contributed by atoms with Crippen LogP contribution in [0.2, 0.25) is 0 Å².